The zero-order valence-electron chi connectivity index (χ0n) is 27.1. The number of phenolic OH excluding ortho intramolecular Hbond substituents is 1. The number of likely N-dealkylation sites (tertiary alicyclic amines) is 1. The standard InChI is InChI=1S/C37H40N6O5S/c44-32-14-13-26(35-34(32)42-37(47)49-35)15-19-38-23-27-9-6-10-28(40-27)24-39-33(45)18-22-43-20-16-29(17-21-43)48-36(46)41-31-12-5-4-11-30(31)25-7-2-1-3-8-25/h1-14,29,38,44H,15-24H2,(H,39,45)(H,41,46)(H,42,47). The fourth-order valence-corrected chi connectivity index (χ4v) is 6.87. The lowest BCUT2D eigenvalue weighted by molar-refractivity contribution is -0.121. The molecule has 0 unspecified atom stereocenters. The fraction of sp³-hybridized carbons (Fsp3) is 0.297. The number of piperidine rings is 1. The molecule has 3 heterocycles. The Morgan fingerprint density at radius 1 is 0.939 bits per heavy atom. The summed E-state index contributed by atoms with van der Waals surface area (Å²) in [5, 5.41) is 19.3. The Morgan fingerprint density at radius 2 is 1.69 bits per heavy atom. The van der Waals surface area contributed by atoms with Crippen LogP contribution in [0.2, 0.25) is 0 Å². The molecule has 1 fully saturated rings. The maximum Gasteiger partial charge on any atom is 0.411 e. The second-order valence-corrected chi connectivity index (χ2v) is 13.0. The van der Waals surface area contributed by atoms with Crippen molar-refractivity contribution in [3.05, 3.63) is 112 Å². The smallest absolute Gasteiger partial charge is 0.411 e. The molecule has 5 N–H and O–H groups in total. The highest BCUT2D eigenvalue weighted by Gasteiger charge is 2.23. The molecule has 12 heteroatoms. The third-order valence-electron chi connectivity index (χ3n) is 8.56. The summed E-state index contributed by atoms with van der Waals surface area (Å²) in [5.74, 6) is 0.0426. The number of carbonyl (C=O) groups excluding carboxylic acids is 2. The molecule has 0 spiro atoms. The molecule has 0 aliphatic carbocycles. The Labute approximate surface area is 288 Å². The van der Waals surface area contributed by atoms with Gasteiger partial charge in [0.2, 0.25) is 5.91 Å². The minimum Gasteiger partial charge on any atom is -0.506 e. The Bertz CT molecular complexity index is 1940. The fourth-order valence-electron chi connectivity index (χ4n) is 5.98. The molecule has 0 saturated carbocycles. The van der Waals surface area contributed by atoms with Gasteiger partial charge >= 0.3 is 11.0 Å². The van der Waals surface area contributed by atoms with Crippen LogP contribution in [0.5, 0.6) is 5.75 Å². The van der Waals surface area contributed by atoms with Gasteiger partial charge in [0.05, 0.1) is 28.3 Å². The summed E-state index contributed by atoms with van der Waals surface area (Å²) >= 11 is 1.10. The van der Waals surface area contributed by atoms with Crippen molar-refractivity contribution in [2.45, 2.75) is 44.9 Å². The number of phenols is 1. The van der Waals surface area contributed by atoms with Gasteiger partial charge in [0.15, 0.2) is 0 Å². The minimum absolute atomic E-state index is 0.0348. The molecule has 11 nitrogen and oxygen atoms in total. The highest BCUT2D eigenvalue weighted by Crippen LogP contribution is 2.29. The number of hydrogen-bond acceptors (Lipinski definition) is 9. The van der Waals surface area contributed by atoms with Crippen molar-refractivity contribution in [2.75, 3.05) is 31.5 Å². The number of ether oxygens (including phenoxy) is 1. The Hall–Kier alpha value is -5.04. The van der Waals surface area contributed by atoms with Gasteiger partial charge in [0, 0.05) is 38.2 Å². The first-order chi connectivity index (χ1) is 23.9. The molecular weight excluding hydrogens is 641 g/mol. The molecule has 0 atom stereocenters. The number of thiazole rings is 1. The number of benzene rings is 3. The topological polar surface area (TPSA) is 149 Å². The van der Waals surface area contributed by atoms with Crippen LogP contribution in [0.15, 0.2) is 89.7 Å². The number of pyridine rings is 1. The SMILES string of the molecule is O=C(CCN1CCC(OC(=O)Nc2ccccc2-c2ccccc2)CC1)NCc1cccc(CNCCc2ccc(O)c3[nH]c(=O)sc23)n1. The quantitative estimate of drug-likeness (QED) is 0.104. The Kier molecular flexibility index (Phi) is 11.3. The molecule has 1 aliphatic heterocycles. The zero-order valence-corrected chi connectivity index (χ0v) is 27.9. The second-order valence-electron chi connectivity index (χ2n) is 12.0. The number of anilines is 1. The normalized spacial score (nSPS) is 13.7. The lowest BCUT2D eigenvalue weighted by atomic mass is 10.0. The van der Waals surface area contributed by atoms with E-state index < -0.39 is 6.09 Å². The van der Waals surface area contributed by atoms with Crippen molar-refractivity contribution in [1.29, 1.82) is 0 Å². The highest BCUT2D eigenvalue weighted by molar-refractivity contribution is 7.16. The molecule has 0 bridgehead atoms. The number of H-pyrrole nitrogens is 1. The van der Waals surface area contributed by atoms with Gasteiger partial charge in [-0.25, -0.2) is 4.79 Å². The van der Waals surface area contributed by atoms with E-state index in [-0.39, 0.29) is 22.6 Å². The molecule has 1 aliphatic rings. The molecule has 3 aromatic carbocycles. The van der Waals surface area contributed by atoms with Gasteiger partial charge in [-0.15, -0.1) is 0 Å². The van der Waals surface area contributed by atoms with Gasteiger partial charge in [-0.3, -0.25) is 19.9 Å². The predicted molar refractivity (Wildman–Crippen MR) is 192 cm³/mol. The summed E-state index contributed by atoms with van der Waals surface area (Å²) in [6.45, 7) is 3.74. The van der Waals surface area contributed by atoms with Gasteiger partial charge in [0.25, 0.3) is 0 Å². The Morgan fingerprint density at radius 3 is 2.51 bits per heavy atom. The number of amides is 2. The lowest BCUT2D eigenvalue weighted by Crippen LogP contribution is -2.40. The summed E-state index contributed by atoms with van der Waals surface area (Å²) in [5.41, 5.74) is 5.81. The molecule has 6 rings (SSSR count). The number of carbonyl (C=O) groups is 2. The van der Waals surface area contributed by atoms with Gasteiger partial charge in [-0.05, 0) is 61.2 Å². The Balaban J connectivity index is 0.870. The van der Waals surface area contributed by atoms with Crippen molar-refractivity contribution < 1.29 is 19.4 Å². The van der Waals surface area contributed by atoms with E-state index in [1.54, 1.807) is 6.07 Å². The van der Waals surface area contributed by atoms with E-state index >= 15 is 0 Å². The van der Waals surface area contributed by atoms with Gasteiger partial charge < -0.3 is 30.4 Å². The van der Waals surface area contributed by atoms with Crippen LogP contribution in [-0.4, -0.2) is 64.3 Å². The van der Waals surface area contributed by atoms with Crippen molar-refractivity contribution >= 4 is 39.2 Å². The largest absolute Gasteiger partial charge is 0.506 e. The maximum absolute atomic E-state index is 12.7. The van der Waals surface area contributed by atoms with Crippen LogP contribution in [0, 0.1) is 0 Å². The number of hydrogen-bond donors (Lipinski definition) is 5. The third-order valence-corrected chi connectivity index (χ3v) is 9.52. The molecular formula is C37H40N6O5S. The zero-order chi connectivity index (χ0) is 34.0. The van der Waals surface area contributed by atoms with E-state index in [2.05, 4.69) is 30.8 Å². The van der Waals surface area contributed by atoms with Crippen LogP contribution >= 0.6 is 11.3 Å². The number of nitrogens with one attached hydrogen (secondary N) is 4. The average molecular weight is 681 g/mol. The van der Waals surface area contributed by atoms with Crippen LogP contribution < -0.4 is 20.8 Å². The molecule has 0 radical (unpaired) electrons. The van der Waals surface area contributed by atoms with E-state index in [0.29, 0.717) is 63.1 Å². The van der Waals surface area contributed by atoms with Gasteiger partial charge in [-0.1, -0.05) is 72.0 Å². The maximum atomic E-state index is 12.7. The monoisotopic (exact) mass is 680 g/mol. The summed E-state index contributed by atoms with van der Waals surface area (Å²) in [6.07, 6.45) is 1.88. The molecule has 2 amide bonds. The summed E-state index contributed by atoms with van der Waals surface area (Å²) in [7, 11) is 0. The van der Waals surface area contributed by atoms with Crippen molar-refractivity contribution in [2.24, 2.45) is 0 Å². The second kappa shape index (κ2) is 16.4. The molecule has 49 heavy (non-hydrogen) atoms. The first kappa shape index (κ1) is 33.8. The van der Waals surface area contributed by atoms with Gasteiger partial charge in [0.1, 0.15) is 17.4 Å². The molecule has 5 aromatic rings. The van der Waals surface area contributed by atoms with E-state index in [1.807, 2.05) is 78.9 Å². The van der Waals surface area contributed by atoms with Gasteiger partial charge in [-0.2, -0.15) is 0 Å². The summed E-state index contributed by atoms with van der Waals surface area (Å²) in [4.78, 5) is 46.5. The number of nitrogens with zero attached hydrogens (tertiary/aromatic N) is 2. The predicted octanol–water partition coefficient (Wildman–Crippen LogP) is 5.41. The van der Waals surface area contributed by atoms with E-state index in [1.165, 1.54) is 0 Å². The number of aromatic hydroxyl groups is 1. The van der Waals surface area contributed by atoms with Crippen molar-refractivity contribution in [1.82, 2.24) is 25.5 Å². The third kappa shape index (κ3) is 9.32. The molecule has 254 valence electrons. The lowest BCUT2D eigenvalue weighted by Gasteiger charge is -2.31. The van der Waals surface area contributed by atoms with Crippen LogP contribution in [0.4, 0.5) is 10.5 Å². The first-order valence-corrected chi connectivity index (χ1v) is 17.3. The molecule has 2 aromatic heterocycles. The van der Waals surface area contributed by atoms with Crippen LogP contribution in [0.25, 0.3) is 21.3 Å². The number of rotatable bonds is 13. The number of aromatic nitrogens is 2. The number of aromatic amines is 1. The number of fused-ring (bicyclic) bond motifs is 1. The van der Waals surface area contributed by atoms with E-state index in [0.717, 1.165) is 57.2 Å². The minimum atomic E-state index is -0.456. The van der Waals surface area contributed by atoms with Crippen molar-refractivity contribution in [3.8, 4) is 16.9 Å². The highest BCUT2D eigenvalue weighted by atomic mass is 32.1. The molecule has 1 saturated heterocycles. The van der Waals surface area contributed by atoms with E-state index in [9.17, 15) is 19.5 Å². The number of para-hydroxylation sites is 1. The van der Waals surface area contributed by atoms with Crippen LogP contribution in [-0.2, 0) is 29.0 Å². The first-order valence-electron chi connectivity index (χ1n) is 16.5. The van der Waals surface area contributed by atoms with Crippen LogP contribution in [0.1, 0.15) is 36.2 Å². The van der Waals surface area contributed by atoms with E-state index in [4.69, 9.17) is 4.74 Å². The average Bonchev–Trinajstić information content (AvgIpc) is 3.53. The summed E-state index contributed by atoms with van der Waals surface area (Å²) in [6, 6.07) is 26.8. The van der Waals surface area contributed by atoms with Crippen molar-refractivity contribution in [3.63, 3.8) is 0 Å². The van der Waals surface area contributed by atoms with Crippen LogP contribution in [0.3, 0.4) is 0 Å². The summed E-state index contributed by atoms with van der Waals surface area (Å²) < 4.78 is 6.52.